The zero-order valence-corrected chi connectivity index (χ0v) is 13.9. The lowest BCUT2D eigenvalue weighted by Crippen LogP contribution is -2.25. The SMILES string of the molecule is C=C/C=C\c1nc(N2CCOc3cc(C(=O)NO)ccc3C2)oc1C. The number of nitrogens with one attached hydrogen (secondary N) is 1. The minimum absolute atomic E-state index is 0.332. The molecule has 3 rings (SSSR count). The van der Waals surface area contributed by atoms with Gasteiger partial charge in [0.1, 0.15) is 23.8 Å². The predicted octanol–water partition coefficient (Wildman–Crippen LogP) is 2.70. The summed E-state index contributed by atoms with van der Waals surface area (Å²) in [5, 5.41) is 8.75. The Kier molecular flexibility index (Phi) is 4.85. The second-order valence-corrected chi connectivity index (χ2v) is 5.57. The van der Waals surface area contributed by atoms with Gasteiger partial charge in [-0.15, -0.1) is 0 Å². The van der Waals surface area contributed by atoms with Crippen LogP contribution < -0.4 is 15.1 Å². The summed E-state index contributed by atoms with van der Waals surface area (Å²) >= 11 is 0. The summed E-state index contributed by atoms with van der Waals surface area (Å²) in [7, 11) is 0. The number of nitrogens with zero attached hydrogens (tertiary/aromatic N) is 2. The number of benzene rings is 1. The van der Waals surface area contributed by atoms with Crippen LogP contribution in [0.1, 0.15) is 27.4 Å². The summed E-state index contributed by atoms with van der Waals surface area (Å²) in [5.41, 5.74) is 3.62. The molecular formula is C18H19N3O4. The third-order valence-electron chi connectivity index (χ3n) is 3.89. The molecular weight excluding hydrogens is 322 g/mol. The van der Waals surface area contributed by atoms with Crippen LogP contribution in [0, 0.1) is 6.92 Å². The van der Waals surface area contributed by atoms with Gasteiger partial charge in [0.15, 0.2) is 0 Å². The maximum atomic E-state index is 11.5. The van der Waals surface area contributed by atoms with Gasteiger partial charge in [-0.25, -0.2) is 5.48 Å². The van der Waals surface area contributed by atoms with Crippen LogP contribution >= 0.6 is 0 Å². The standard InChI is InChI=1S/C18H19N3O4/c1-3-4-5-15-12(2)25-18(19-15)21-8-9-24-16-10-13(17(22)20-23)6-7-14(16)11-21/h3-7,10,23H,1,8-9,11H2,2H3,(H,20,22)/b5-4-. The zero-order chi connectivity index (χ0) is 17.8. The van der Waals surface area contributed by atoms with Crippen LogP contribution in [0.4, 0.5) is 6.01 Å². The number of allylic oxidation sites excluding steroid dienone is 2. The molecule has 0 saturated carbocycles. The van der Waals surface area contributed by atoms with Crippen LogP contribution in [0.5, 0.6) is 5.75 Å². The van der Waals surface area contributed by atoms with Crippen LogP contribution in [0.2, 0.25) is 0 Å². The van der Waals surface area contributed by atoms with E-state index in [9.17, 15) is 4.79 Å². The molecule has 0 bridgehead atoms. The molecule has 1 aliphatic heterocycles. The van der Waals surface area contributed by atoms with Gasteiger partial charge in [-0.05, 0) is 25.1 Å². The minimum atomic E-state index is -0.575. The first kappa shape index (κ1) is 16.8. The molecule has 2 N–H and O–H groups in total. The molecule has 0 radical (unpaired) electrons. The Morgan fingerprint density at radius 1 is 1.48 bits per heavy atom. The van der Waals surface area contributed by atoms with Crippen LogP contribution in [0.25, 0.3) is 6.08 Å². The third-order valence-corrected chi connectivity index (χ3v) is 3.89. The van der Waals surface area contributed by atoms with Gasteiger partial charge in [-0.1, -0.05) is 24.8 Å². The Labute approximate surface area is 145 Å². The Bertz CT molecular complexity index is 826. The fourth-order valence-corrected chi connectivity index (χ4v) is 2.58. The minimum Gasteiger partial charge on any atom is -0.491 e. The van der Waals surface area contributed by atoms with Crippen molar-refractivity contribution in [3.8, 4) is 5.75 Å². The molecule has 1 aliphatic rings. The summed E-state index contributed by atoms with van der Waals surface area (Å²) in [4.78, 5) is 18.0. The number of hydrogen-bond acceptors (Lipinski definition) is 6. The number of anilines is 1. The second-order valence-electron chi connectivity index (χ2n) is 5.57. The maximum Gasteiger partial charge on any atom is 0.298 e. The average molecular weight is 341 g/mol. The number of hydrogen-bond donors (Lipinski definition) is 2. The lowest BCUT2D eigenvalue weighted by molar-refractivity contribution is 0.0706. The molecule has 7 nitrogen and oxygen atoms in total. The second kappa shape index (κ2) is 7.23. The summed E-state index contributed by atoms with van der Waals surface area (Å²) in [5.74, 6) is 0.765. The molecule has 0 saturated heterocycles. The lowest BCUT2D eigenvalue weighted by Gasteiger charge is -2.16. The molecule has 0 unspecified atom stereocenters. The molecule has 2 aromatic rings. The van der Waals surface area contributed by atoms with E-state index in [4.69, 9.17) is 14.4 Å². The largest absolute Gasteiger partial charge is 0.491 e. The van der Waals surface area contributed by atoms with Crippen LogP contribution in [0.3, 0.4) is 0 Å². The summed E-state index contributed by atoms with van der Waals surface area (Å²) in [6.45, 7) is 7.08. The zero-order valence-electron chi connectivity index (χ0n) is 13.9. The van der Waals surface area contributed by atoms with Crippen molar-refractivity contribution in [3.63, 3.8) is 0 Å². The highest BCUT2D eigenvalue weighted by atomic mass is 16.5. The van der Waals surface area contributed by atoms with E-state index < -0.39 is 5.91 Å². The first-order valence-corrected chi connectivity index (χ1v) is 7.84. The highest BCUT2D eigenvalue weighted by molar-refractivity contribution is 5.93. The number of amides is 1. The molecule has 0 atom stereocenters. The van der Waals surface area contributed by atoms with Crippen molar-refractivity contribution < 1.29 is 19.2 Å². The van der Waals surface area contributed by atoms with Gasteiger partial charge in [-0.2, -0.15) is 4.98 Å². The third kappa shape index (κ3) is 3.56. The molecule has 0 fully saturated rings. The number of ether oxygens (including phenoxy) is 1. The number of fused-ring (bicyclic) bond motifs is 1. The highest BCUT2D eigenvalue weighted by Gasteiger charge is 2.21. The number of hydroxylamine groups is 1. The quantitative estimate of drug-likeness (QED) is 0.505. The number of oxazole rings is 1. The Balaban J connectivity index is 1.86. The molecule has 1 amide bonds. The lowest BCUT2D eigenvalue weighted by atomic mass is 10.1. The van der Waals surface area contributed by atoms with Gasteiger partial charge in [0.2, 0.25) is 0 Å². The normalized spacial score (nSPS) is 13.9. The number of carbonyl (C=O) groups is 1. The van der Waals surface area contributed by atoms with Crippen molar-refractivity contribution in [2.75, 3.05) is 18.1 Å². The summed E-state index contributed by atoms with van der Waals surface area (Å²) < 4.78 is 11.5. The fraction of sp³-hybridized carbons (Fsp3) is 0.222. The summed E-state index contributed by atoms with van der Waals surface area (Å²) in [6.07, 6.45) is 5.34. The summed E-state index contributed by atoms with van der Waals surface area (Å²) in [6, 6.07) is 5.57. The topological polar surface area (TPSA) is 87.8 Å². The van der Waals surface area contributed by atoms with Gasteiger partial charge in [0.25, 0.3) is 11.9 Å². The van der Waals surface area contributed by atoms with Crippen molar-refractivity contribution in [1.29, 1.82) is 0 Å². The monoisotopic (exact) mass is 341 g/mol. The van der Waals surface area contributed by atoms with Crippen LogP contribution in [-0.4, -0.2) is 29.3 Å². The van der Waals surface area contributed by atoms with E-state index in [1.807, 2.05) is 24.0 Å². The van der Waals surface area contributed by atoms with Crippen LogP contribution in [-0.2, 0) is 6.54 Å². The van der Waals surface area contributed by atoms with Gasteiger partial charge < -0.3 is 14.1 Å². The molecule has 130 valence electrons. The van der Waals surface area contributed by atoms with Crippen molar-refractivity contribution in [2.45, 2.75) is 13.5 Å². The number of rotatable bonds is 4. The number of aromatic nitrogens is 1. The smallest absolute Gasteiger partial charge is 0.298 e. The van der Waals surface area contributed by atoms with Crippen molar-refractivity contribution >= 4 is 18.0 Å². The molecule has 25 heavy (non-hydrogen) atoms. The Hall–Kier alpha value is -3.06. The van der Waals surface area contributed by atoms with E-state index in [2.05, 4.69) is 11.6 Å². The van der Waals surface area contributed by atoms with Crippen molar-refractivity contribution in [2.24, 2.45) is 0 Å². The molecule has 2 heterocycles. The van der Waals surface area contributed by atoms with Crippen LogP contribution in [0.15, 0.2) is 41.3 Å². The Morgan fingerprint density at radius 2 is 2.32 bits per heavy atom. The van der Waals surface area contributed by atoms with E-state index in [0.29, 0.717) is 37.0 Å². The fourth-order valence-electron chi connectivity index (χ4n) is 2.58. The van der Waals surface area contributed by atoms with E-state index in [-0.39, 0.29) is 0 Å². The number of carbonyl (C=O) groups excluding carboxylic acids is 1. The number of aryl methyl sites for hydroxylation is 1. The predicted molar refractivity (Wildman–Crippen MR) is 92.7 cm³/mol. The molecule has 1 aromatic carbocycles. The average Bonchev–Trinajstić information content (AvgIpc) is 2.86. The van der Waals surface area contributed by atoms with E-state index in [0.717, 1.165) is 17.0 Å². The highest BCUT2D eigenvalue weighted by Crippen LogP contribution is 2.28. The molecule has 0 spiro atoms. The van der Waals surface area contributed by atoms with Gasteiger partial charge in [-0.3, -0.25) is 10.0 Å². The molecule has 0 aliphatic carbocycles. The van der Waals surface area contributed by atoms with E-state index in [1.165, 1.54) is 0 Å². The Morgan fingerprint density at radius 3 is 3.08 bits per heavy atom. The van der Waals surface area contributed by atoms with Crippen molar-refractivity contribution in [3.05, 3.63) is 59.5 Å². The maximum absolute atomic E-state index is 11.5. The molecule has 7 heteroatoms. The van der Waals surface area contributed by atoms with E-state index in [1.54, 1.807) is 29.8 Å². The first-order chi connectivity index (χ1) is 12.1. The van der Waals surface area contributed by atoms with Crippen molar-refractivity contribution in [1.82, 2.24) is 10.5 Å². The first-order valence-electron chi connectivity index (χ1n) is 7.84. The van der Waals surface area contributed by atoms with Gasteiger partial charge in [0, 0.05) is 11.1 Å². The van der Waals surface area contributed by atoms with E-state index >= 15 is 0 Å². The van der Waals surface area contributed by atoms with Gasteiger partial charge >= 0.3 is 0 Å². The molecule has 1 aromatic heterocycles. The van der Waals surface area contributed by atoms with Gasteiger partial charge in [0.05, 0.1) is 13.1 Å².